The molecule has 44 heavy (non-hydrogen) atoms. The number of carbonyl (C=O) groups excluding carboxylic acids is 3. The van der Waals surface area contributed by atoms with Crippen LogP contribution in [-0.4, -0.2) is 91.7 Å². The van der Waals surface area contributed by atoms with E-state index in [2.05, 4.69) is 17.6 Å². The highest BCUT2D eigenvalue weighted by atomic mass is 32.2. The van der Waals surface area contributed by atoms with Gasteiger partial charge in [0.1, 0.15) is 24.4 Å². The summed E-state index contributed by atoms with van der Waals surface area (Å²) in [5.74, 6) is -5.17. The highest BCUT2D eigenvalue weighted by Crippen LogP contribution is 2.41. The Balaban J connectivity index is 2.99. The van der Waals surface area contributed by atoms with Gasteiger partial charge >= 0.3 is 17.9 Å². The number of aliphatic carboxylic acids is 3. The van der Waals surface area contributed by atoms with Crippen LogP contribution in [0.25, 0.3) is 0 Å². The molecule has 0 heterocycles. The Morgan fingerprint density at radius 2 is 1.68 bits per heavy atom. The average molecular weight is 644 g/mol. The number of aliphatic hydroxyl groups excluding tert-OH is 1. The molecule has 1 rings (SSSR count). The Hall–Kier alpha value is -2.97. The van der Waals surface area contributed by atoms with Gasteiger partial charge in [-0.2, -0.15) is 11.8 Å². The van der Waals surface area contributed by atoms with E-state index < -0.39 is 54.5 Å². The maximum absolute atomic E-state index is 13.1. The molecule has 1 aliphatic rings. The summed E-state index contributed by atoms with van der Waals surface area (Å²) in [6.45, 7) is 1.42. The summed E-state index contributed by atoms with van der Waals surface area (Å²) in [5.41, 5.74) is 5.47. The lowest BCUT2D eigenvalue weighted by Gasteiger charge is -2.24. The molecule has 1 fully saturated rings. The zero-order chi connectivity index (χ0) is 33.1. The number of hydrogen-bond acceptors (Lipinski definition) is 9. The molecule has 250 valence electrons. The van der Waals surface area contributed by atoms with Gasteiger partial charge in [0.15, 0.2) is 0 Å². The zero-order valence-electron chi connectivity index (χ0n) is 25.4. The molecule has 8 N–H and O–H groups in total. The number of thioether (sulfide) groups is 1. The molecule has 1 aliphatic carbocycles. The van der Waals surface area contributed by atoms with Crippen molar-refractivity contribution in [2.24, 2.45) is 17.6 Å². The highest BCUT2D eigenvalue weighted by Gasteiger charge is 2.41. The summed E-state index contributed by atoms with van der Waals surface area (Å²) in [7, 11) is 0. The predicted octanol–water partition coefficient (Wildman–Crippen LogP) is 2.09. The molecule has 14 heteroatoms. The van der Waals surface area contributed by atoms with Gasteiger partial charge in [0, 0.05) is 36.2 Å². The number of carbonyl (C=O) groups is 6. The van der Waals surface area contributed by atoms with Crippen LogP contribution in [0.1, 0.15) is 90.4 Å². The lowest BCUT2D eigenvalue weighted by molar-refractivity contribution is -0.139. The summed E-state index contributed by atoms with van der Waals surface area (Å²) in [6, 6.07) is -2.39. The van der Waals surface area contributed by atoms with Crippen LogP contribution in [0.5, 0.6) is 0 Å². The van der Waals surface area contributed by atoms with Crippen molar-refractivity contribution in [2.75, 3.05) is 12.3 Å². The standard InChI is InChI=1S/C30H49N3O10S/c1-2-3-6-9-19(34)12-13-21-20(10-7-4-5-8-11-27(37)38)24(35)16-25(21)44-18-23(29(41)32-17-28(39)40)33-26(36)15-14-22(31)30(42)43/h12-13,19-23,25,34H,2-11,14-18,31H2,1H3,(H,32,41)(H,33,36)(H,37,38)(H,39,40)(H,42,43)/t19-,20?,21+,22-,23-,25?/m0/s1. The molecule has 0 aliphatic heterocycles. The first-order valence-corrected chi connectivity index (χ1v) is 16.4. The Bertz CT molecular complexity index is 992. The van der Waals surface area contributed by atoms with E-state index in [0.29, 0.717) is 19.3 Å². The minimum Gasteiger partial charge on any atom is -0.481 e. The number of unbranched alkanes of at least 4 members (excludes halogenated alkanes) is 5. The van der Waals surface area contributed by atoms with Gasteiger partial charge in [-0.05, 0) is 31.6 Å². The first kappa shape index (κ1) is 39.1. The molecule has 0 aromatic rings. The van der Waals surface area contributed by atoms with Gasteiger partial charge in [-0.15, -0.1) is 0 Å². The fourth-order valence-electron chi connectivity index (χ4n) is 5.06. The highest BCUT2D eigenvalue weighted by molar-refractivity contribution is 8.00. The van der Waals surface area contributed by atoms with Crippen LogP contribution in [0.4, 0.5) is 0 Å². The Morgan fingerprint density at radius 3 is 2.32 bits per heavy atom. The third-order valence-corrected chi connectivity index (χ3v) is 9.00. The van der Waals surface area contributed by atoms with Gasteiger partial charge in [-0.25, -0.2) is 0 Å². The minimum absolute atomic E-state index is 0.0332. The van der Waals surface area contributed by atoms with Gasteiger partial charge in [0.2, 0.25) is 11.8 Å². The Labute approximate surface area is 262 Å². The van der Waals surface area contributed by atoms with Gasteiger partial charge in [0.25, 0.3) is 0 Å². The van der Waals surface area contributed by atoms with Crippen molar-refractivity contribution in [3.63, 3.8) is 0 Å². The quantitative estimate of drug-likeness (QED) is 0.0592. The van der Waals surface area contributed by atoms with E-state index in [-0.39, 0.29) is 54.3 Å². The molecule has 2 unspecified atom stereocenters. The number of aliphatic hydroxyl groups is 1. The molecule has 13 nitrogen and oxygen atoms in total. The van der Waals surface area contributed by atoms with E-state index in [1.54, 1.807) is 6.08 Å². The number of rotatable bonds is 24. The van der Waals surface area contributed by atoms with Crippen LogP contribution in [0.3, 0.4) is 0 Å². The molecule has 6 atom stereocenters. The first-order chi connectivity index (χ1) is 20.8. The second-order valence-electron chi connectivity index (χ2n) is 11.2. The molecule has 0 radical (unpaired) electrons. The number of allylic oxidation sites excluding steroid dienone is 1. The van der Waals surface area contributed by atoms with Crippen LogP contribution in [0.15, 0.2) is 12.2 Å². The monoisotopic (exact) mass is 643 g/mol. The number of carboxylic acids is 3. The largest absolute Gasteiger partial charge is 0.481 e. The van der Waals surface area contributed by atoms with Crippen LogP contribution in [-0.2, 0) is 28.8 Å². The van der Waals surface area contributed by atoms with Crippen molar-refractivity contribution < 1.29 is 49.2 Å². The molecular formula is C30H49N3O10S. The molecule has 1 saturated carbocycles. The Kier molecular flexibility index (Phi) is 19.2. The van der Waals surface area contributed by atoms with E-state index in [1.807, 2.05) is 6.08 Å². The van der Waals surface area contributed by atoms with Gasteiger partial charge in [0.05, 0.1) is 6.10 Å². The molecular weight excluding hydrogens is 594 g/mol. The summed E-state index contributed by atoms with van der Waals surface area (Å²) in [5, 5.41) is 41.8. The second kappa shape index (κ2) is 21.7. The maximum Gasteiger partial charge on any atom is 0.322 e. The molecule has 0 saturated heterocycles. The van der Waals surface area contributed by atoms with Gasteiger partial charge in [-0.3, -0.25) is 28.8 Å². The van der Waals surface area contributed by atoms with Crippen LogP contribution in [0, 0.1) is 11.8 Å². The van der Waals surface area contributed by atoms with E-state index in [4.69, 9.17) is 21.1 Å². The SMILES string of the molecule is CCCCC[C@H](O)C=C[C@H]1C(SC[C@H](NC(=O)CC[C@H](N)C(=O)O)C(=O)NCC(=O)O)CC(=O)C1CCCCCCC(=O)O. The lowest BCUT2D eigenvalue weighted by Crippen LogP contribution is -2.49. The van der Waals surface area contributed by atoms with Crippen molar-refractivity contribution in [2.45, 2.75) is 114 Å². The first-order valence-electron chi connectivity index (χ1n) is 15.3. The van der Waals surface area contributed by atoms with Gasteiger partial charge < -0.3 is 36.8 Å². The fraction of sp³-hybridized carbons (Fsp3) is 0.733. The van der Waals surface area contributed by atoms with Crippen LogP contribution >= 0.6 is 11.8 Å². The molecule has 2 amide bonds. The maximum atomic E-state index is 13.1. The van der Waals surface area contributed by atoms with E-state index in [9.17, 15) is 33.9 Å². The number of amides is 2. The number of Topliss-reactive ketones (excluding diaryl/α,β-unsaturated/α-hetero) is 1. The van der Waals surface area contributed by atoms with Crippen molar-refractivity contribution >= 4 is 47.3 Å². The minimum atomic E-state index is -1.27. The average Bonchev–Trinajstić information content (AvgIpc) is 3.26. The van der Waals surface area contributed by atoms with Crippen molar-refractivity contribution in [3.05, 3.63) is 12.2 Å². The number of hydrogen-bond donors (Lipinski definition) is 7. The van der Waals surface area contributed by atoms with E-state index in [1.165, 1.54) is 11.8 Å². The number of nitrogens with one attached hydrogen (secondary N) is 2. The smallest absolute Gasteiger partial charge is 0.322 e. The molecule has 0 aromatic heterocycles. The summed E-state index contributed by atoms with van der Waals surface area (Å²) in [4.78, 5) is 71.1. The Morgan fingerprint density at radius 1 is 0.977 bits per heavy atom. The lowest BCUT2D eigenvalue weighted by atomic mass is 9.89. The normalized spacial score (nSPS) is 20.2. The van der Waals surface area contributed by atoms with Gasteiger partial charge in [-0.1, -0.05) is 57.6 Å². The third-order valence-electron chi connectivity index (χ3n) is 7.57. The number of carboxylic acid groups (broad SMARTS) is 3. The van der Waals surface area contributed by atoms with Crippen molar-refractivity contribution in [3.8, 4) is 0 Å². The van der Waals surface area contributed by atoms with E-state index >= 15 is 0 Å². The number of nitrogens with two attached hydrogens (primary N) is 1. The second-order valence-corrected chi connectivity index (χ2v) is 12.5. The summed E-state index contributed by atoms with van der Waals surface area (Å²) in [6.07, 6.45) is 9.78. The molecule has 0 spiro atoms. The molecule has 0 bridgehead atoms. The van der Waals surface area contributed by atoms with Crippen LogP contribution in [0.2, 0.25) is 0 Å². The third kappa shape index (κ3) is 16.2. The predicted molar refractivity (Wildman–Crippen MR) is 165 cm³/mol. The molecule has 0 aromatic carbocycles. The zero-order valence-corrected chi connectivity index (χ0v) is 26.3. The summed E-state index contributed by atoms with van der Waals surface area (Å²) >= 11 is 1.30. The van der Waals surface area contributed by atoms with E-state index in [0.717, 1.165) is 38.5 Å². The number of ketones is 1. The van der Waals surface area contributed by atoms with Crippen LogP contribution < -0.4 is 16.4 Å². The van der Waals surface area contributed by atoms with Crippen molar-refractivity contribution in [1.82, 2.24) is 10.6 Å². The topological polar surface area (TPSA) is 233 Å². The fourth-order valence-corrected chi connectivity index (χ4v) is 6.52. The van der Waals surface area contributed by atoms with Crippen molar-refractivity contribution in [1.29, 1.82) is 0 Å². The summed E-state index contributed by atoms with van der Waals surface area (Å²) < 4.78 is 0.